The predicted octanol–water partition coefficient (Wildman–Crippen LogP) is 3.42. The van der Waals surface area contributed by atoms with Gasteiger partial charge in [0.15, 0.2) is 0 Å². The second kappa shape index (κ2) is 10.3. The number of Topliss-reactive ketones (excluding diaryl/α,β-unsaturated/α-hetero) is 1. The molecular weight excluding hydrogens is 493 g/mol. The van der Waals surface area contributed by atoms with E-state index in [1.165, 1.54) is 6.07 Å². The lowest BCUT2D eigenvalue weighted by Crippen LogP contribution is -2.63. The van der Waals surface area contributed by atoms with Gasteiger partial charge in [-0.1, -0.05) is 37.2 Å². The Morgan fingerprint density at radius 3 is 2.03 bits per heavy atom. The SMILES string of the molecule is BCc1ccc(C(=O)OC(CS(=O)(=O)O)(C(F)(F)F)C(F)(F)F)cc1CC(=O)C1CCCCC1. The number of carbonyl (C=O) groups excluding carboxylic acids is 2. The van der Waals surface area contributed by atoms with Gasteiger partial charge in [-0.25, -0.2) is 4.79 Å². The van der Waals surface area contributed by atoms with Crippen molar-refractivity contribution >= 4 is 29.7 Å². The maximum absolute atomic E-state index is 13.4. The van der Waals surface area contributed by atoms with Gasteiger partial charge in [0, 0.05) is 12.3 Å². The van der Waals surface area contributed by atoms with Gasteiger partial charge in [-0.15, -0.1) is 0 Å². The molecule has 6 nitrogen and oxygen atoms in total. The van der Waals surface area contributed by atoms with Crippen LogP contribution in [0.4, 0.5) is 26.3 Å². The number of esters is 1. The van der Waals surface area contributed by atoms with Gasteiger partial charge in [0.1, 0.15) is 19.4 Å². The van der Waals surface area contributed by atoms with Crippen LogP contribution in [0.2, 0.25) is 0 Å². The molecule has 0 bridgehead atoms. The summed E-state index contributed by atoms with van der Waals surface area (Å²) in [5, 5.41) is 0. The predicted molar refractivity (Wildman–Crippen MR) is 111 cm³/mol. The van der Waals surface area contributed by atoms with Crippen molar-refractivity contribution in [2.24, 2.45) is 5.92 Å². The van der Waals surface area contributed by atoms with E-state index in [-0.39, 0.29) is 23.7 Å². The van der Waals surface area contributed by atoms with Crippen LogP contribution >= 0.6 is 0 Å². The van der Waals surface area contributed by atoms with Crippen LogP contribution in [-0.2, 0) is 32.4 Å². The third-order valence-corrected chi connectivity index (χ3v) is 6.59. The van der Waals surface area contributed by atoms with E-state index in [1.54, 1.807) is 7.85 Å². The van der Waals surface area contributed by atoms with Gasteiger partial charge in [0.25, 0.3) is 10.1 Å². The fourth-order valence-electron chi connectivity index (χ4n) is 3.96. The number of ether oxygens (including phenoxy) is 1. The molecule has 190 valence electrons. The van der Waals surface area contributed by atoms with Gasteiger partial charge in [-0.2, -0.15) is 34.8 Å². The van der Waals surface area contributed by atoms with Crippen LogP contribution in [0.1, 0.15) is 53.6 Å². The van der Waals surface area contributed by atoms with Crippen LogP contribution in [0.5, 0.6) is 0 Å². The van der Waals surface area contributed by atoms with Crippen LogP contribution in [-0.4, -0.2) is 56.3 Å². The summed E-state index contributed by atoms with van der Waals surface area (Å²) in [6.07, 6.45) is -8.53. The maximum Gasteiger partial charge on any atom is 0.438 e. The molecule has 0 saturated heterocycles. The second-order valence-electron chi connectivity index (χ2n) is 8.25. The number of halogens is 6. The summed E-state index contributed by atoms with van der Waals surface area (Å²) in [6, 6.07) is 3.19. The standard InChI is InChI=1S/C20H23BF6O6S/c21-10-14-7-6-13(8-15(14)9-16(28)12-4-2-1-3-5-12)17(29)33-18(19(22,23)24,20(25,26)27)11-34(30,31)32/h6-8,12H,1-5,9-11,21H2,(H,30,31,32). The Morgan fingerprint density at radius 1 is 1.00 bits per heavy atom. The zero-order valence-electron chi connectivity index (χ0n) is 18.1. The molecule has 1 saturated carbocycles. The fourth-order valence-corrected chi connectivity index (χ4v) is 4.86. The van der Waals surface area contributed by atoms with Crippen LogP contribution in [0, 0.1) is 5.92 Å². The summed E-state index contributed by atoms with van der Waals surface area (Å²) in [5.41, 5.74) is -5.40. The number of hydrogen-bond donors (Lipinski definition) is 1. The molecule has 1 aliphatic rings. The van der Waals surface area contributed by atoms with E-state index < -0.39 is 45.4 Å². The second-order valence-corrected chi connectivity index (χ2v) is 9.71. The molecule has 14 heteroatoms. The highest BCUT2D eigenvalue weighted by Gasteiger charge is 2.76. The van der Waals surface area contributed by atoms with Crippen LogP contribution in [0.15, 0.2) is 18.2 Å². The number of ketones is 1. The summed E-state index contributed by atoms with van der Waals surface area (Å²) in [6.45, 7) is 0. The molecule has 34 heavy (non-hydrogen) atoms. The van der Waals surface area contributed by atoms with E-state index >= 15 is 0 Å². The zero-order chi connectivity index (χ0) is 25.9. The van der Waals surface area contributed by atoms with Gasteiger partial charge in [0.2, 0.25) is 0 Å². The molecule has 1 aromatic carbocycles. The van der Waals surface area contributed by atoms with Gasteiger partial charge in [-0.05, 0) is 30.5 Å². The Bertz CT molecular complexity index is 1000. The van der Waals surface area contributed by atoms with Crippen molar-refractivity contribution < 1.29 is 53.6 Å². The van der Waals surface area contributed by atoms with E-state index in [4.69, 9.17) is 4.55 Å². The molecule has 1 aromatic rings. The van der Waals surface area contributed by atoms with Gasteiger partial charge >= 0.3 is 23.9 Å². The third kappa shape index (κ3) is 6.52. The first kappa shape index (κ1) is 28.2. The normalized spacial score (nSPS) is 16.3. The first-order valence-corrected chi connectivity index (χ1v) is 12.1. The molecule has 0 aromatic heterocycles. The molecule has 0 aliphatic heterocycles. The Labute approximate surface area is 193 Å². The average Bonchev–Trinajstić information content (AvgIpc) is 2.71. The largest absolute Gasteiger partial charge is 0.438 e. The Morgan fingerprint density at radius 2 is 1.56 bits per heavy atom. The van der Waals surface area contributed by atoms with Gasteiger partial charge < -0.3 is 4.74 Å². The van der Waals surface area contributed by atoms with Crippen LogP contribution in [0.3, 0.4) is 0 Å². The highest BCUT2D eigenvalue weighted by atomic mass is 32.2. The van der Waals surface area contributed by atoms with Crippen molar-refractivity contribution in [2.75, 3.05) is 5.75 Å². The van der Waals surface area contributed by atoms with E-state index in [0.29, 0.717) is 24.7 Å². The van der Waals surface area contributed by atoms with Crippen LogP contribution in [0.25, 0.3) is 0 Å². The monoisotopic (exact) mass is 516 g/mol. The number of benzene rings is 1. The molecule has 0 unspecified atom stereocenters. The lowest BCUT2D eigenvalue weighted by molar-refractivity contribution is -0.356. The first-order chi connectivity index (χ1) is 15.5. The summed E-state index contributed by atoms with van der Waals surface area (Å²) >= 11 is 0. The molecule has 0 radical (unpaired) electrons. The molecule has 2 rings (SSSR count). The molecule has 1 fully saturated rings. The van der Waals surface area contributed by atoms with Crippen molar-refractivity contribution in [3.05, 3.63) is 34.9 Å². The Balaban J connectivity index is 2.42. The zero-order valence-corrected chi connectivity index (χ0v) is 18.9. The third-order valence-electron chi connectivity index (χ3n) is 5.82. The van der Waals surface area contributed by atoms with Crippen molar-refractivity contribution in [3.8, 4) is 0 Å². The molecule has 0 atom stereocenters. The summed E-state index contributed by atoms with van der Waals surface area (Å²) < 4.78 is 115. The van der Waals surface area contributed by atoms with E-state index in [0.717, 1.165) is 31.4 Å². The van der Waals surface area contributed by atoms with Crippen molar-refractivity contribution in [2.45, 2.75) is 62.8 Å². The minimum absolute atomic E-state index is 0.147. The van der Waals surface area contributed by atoms with Gasteiger partial charge in [-0.3, -0.25) is 9.35 Å². The van der Waals surface area contributed by atoms with E-state index in [9.17, 15) is 44.3 Å². The lowest BCUT2D eigenvalue weighted by Gasteiger charge is -2.35. The van der Waals surface area contributed by atoms with Crippen LogP contribution < -0.4 is 0 Å². The van der Waals surface area contributed by atoms with Crippen molar-refractivity contribution in [1.82, 2.24) is 0 Å². The molecule has 0 heterocycles. The molecule has 1 aliphatic carbocycles. The molecule has 0 spiro atoms. The van der Waals surface area contributed by atoms with Gasteiger partial charge in [0.05, 0.1) is 5.56 Å². The lowest BCUT2D eigenvalue weighted by atomic mass is 9.82. The highest BCUT2D eigenvalue weighted by molar-refractivity contribution is 7.85. The Hall–Kier alpha value is -2.09. The van der Waals surface area contributed by atoms with Crippen molar-refractivity contribution in [1.29, 1.82) is 0 Å². The summed E-state index contributed by atoms with van der Waals surface area (Å²) in [4.78, 5) is 25.1. The topological polar surface area (TPSA) is 97.7 Å². The van der Waals surface area contributed by atoms with E-state index in [1.807, 2.05) is 0 Å². The smallest absolute Gasteiger partial charge is 0.435 e. The fraction of sp³-hybridized carbons (Fsp3) is 0.600. The number of hydrogen-bond acceptors (Lipinski definition) is 5. The number of carbonyl (C=O) groups is 2. The summed E-state index contributed by atoms with van der Waals surface area (Å²) in [5.74, 6) is -5.43. The van der Waals surface area contributed by atoms with E-state index in [2.05, 4.69) is 4.74 Å². The maximum atomic E-state index is 13.4. The number of rotatable bonds is 8. The Kier molecular flexibility index (Phi) is 8.50. The molecule has 0 amide bonds. The average molecular weight is 516 g/mol. The number of alkyl halides is 6. The molecule has 1 N–H and O–H groups in total. The minimum atomic E-state index is -6.42. The van der Waals surface area contributed by atoms with Crippen molar-refractivity contribution in [3.63, 3.8) is 0 Å². The molecular formula is C20H23BF6O6S. The first-order valence-electron chi connectivity index (χ1n) is 10.5. The summed E-state index contributed by atoms with van der Waals surface area (Å²) in [7, 11) is -4.17. The highest BCUT2D eigenvalue weighted by Crippen LogP contribution is 2.47. The quantitative estimate of drug-likeness (QED) is 0.246. The minimum Gasteiger partial charge on any atom is -0.435 e.